The first-order valence-corrected chi connectivity index (χ1v) is 11.7. The second kappa shape index (κ2) is 11.3. The van der Waals surface area contributed by atoms with Crippen molar-refractivity contribution in [3.8, 4) is 0 Å². The first-order valence-electron chi connectivity index (χ1n) is 10.4. The number of carbonyl (C=O) groups excluding carboxylic acids is 2. The van der Waals surface area contributed by atoms with Crippen LogP contribution in [0.15, 0.2) is 0 Å². The summed E-state index contributed by atoms with van der Waals surface area (Å²) < 4.78 is 11.2. The molecule has 0 aromatic rings. The third kappa shape index (κ3) is 10.6. The number of amides is 2. The Labute approximate surface area is 193 Å². The fraction of sp³-hybridized carbons (Fsp3) is 0.900. The lowest BCUT2D eigenvalue weighted by Crippen LogP contribution is -2.44. The van der Waals surface area contributed by atoms with E-state index in [1.807, 2.05) is 20.8 Å². The number of nitro groups is 1. The molecule has 0 N–H and O–H groups in total. The molecule has 2 fully saturated rings. The van der Waals surface area contributed by atoms with Crippen LogP contribution in [-0.4, -0.2) is 74.3 Å². The van der Waals surface area contributed by atoms with Gasteiger partial charge in [0, 0.05) is 47.9 Å². The first kappa shape index (κ1) is 26.7. The van der Waals surface area contributed by atoms with Gasteiger partial charge in [-0.25, -0.2) is 9.59 Å². The van der Waals surface area contributed by atoms with Gasteiger partial charge in [-0.05, 0) is 54.4 Å². The van der Waals surface area contributed by atoms with Crippen LogP contribution in [0.2, 0.25) is 0 Å². The van der Waals surface area contributed by atoms with Crippen LogP contribution >= 0.6 is 22.6 Å². The highest BCUT2D eigenvalue weighted by Gasteiger charge is 2.31. The molecule has 2 heterocycles. The van der Waals surface area contributed by atoms with Crippen LogP contribution in [-0.2, 0) is 9.47 Å². The molecular formula is C20H36IN3O6. The van der Waals surface area contributed by atoms with Crippen molar-refractivity contribution in [2.24, 2.45) is 0 Å². The highest BCUT2D eigenvalue weighted by atomic mass is 127. The second-order valence-electron chi connectivity index (χ2n) is 9.63. The van der Waals surface area contributed by atoms with Gasteiger partial charge in [0.1, 0.15) is 11.2 Å². The van der Waals surface area contributed by atoms with Gasteiger partial charge in [0.25, 0.3) is 0 Å². The van der Waals surface area contributed by atoms with Gasteiger partial charge in [-0.2, -0.15) is 0 Å². The van der Waals surface area contributed by atoms with Crippen molar-refractivity contribution in [3.63, 3.8) is 0 Å². The zero-order chi connectivity index (χ0) is 23.1. The monoisotopic (exact) mass is 541 g/mol. The molecule has 0 aromatic carbocycles. The number of piperidine rings is 2. The average molecular weight is 541 g/mol. The van der Waals surface area contributed by atoms with Crippen molar-refractivity contribution in [1.29, 1.82) is 0 Å². The number of carbonyl (C=O) groups is 2. The van der Waals surface area contributed by atoms with E-state index in [-0.39, 0.29) is 22.7 Å². The summed E-state index contributed by atoms with van der Waals surface area (Å²) in [5.74, 6) is 0. The molecule has 0 spiro atoms. The molecule has 2 amide bonds. The zero-order valence-corrected chi connectivity index (χ0v) is 21.1. The fourth-order valence-electron chi connectivity index (χ4n) is 2.94. The van der Waals surface area contributed by atoms with Gasteiger partial charge >= 0.3 is 12.2 Å². The molecule has 0 radical (unpaired) electrons. The topological polar surface area (TPSA) is 102 Å². The quantitative estimate of drug-likeness (QED) is 0.210. The van der Waals surface area contributed by atoms with Crippen LogP contribution in [0.1, 0.15) is 67.2 Å². The summed E-state index contributed by atoms with van der Waals surface area (Å²) in [6.45, 7) is 13.6. The number of hydrogen-bond donors (Lipinski definition) is 0. The molecule has 0 unspecified atom stereocenters. The Morgan fingerprint density at radius 3 is 1.47 bits per heavy atom. The Kier molecular flexibility index (Phi) is 10.1. The van der Waals surface area contributed by atoms with E-state index in [4.69, 9.17) is 9.47 Å². The minimum Gasteiger partial charge on any atom is -0.444 e. The Bertz CT molecular complexity index is 586. The largest absolute Gasteiger partial charge is 0.444 e. The summed E-state index contributed by atoms with van der Waals surface area (Å²) in [7, 11) is 0. The Morgan fingerprint density at radius 1 is 0.833 bits per heavy atom. The predicted octanol–water partition coefficient (Wildman–Crippen LogP) is 4.48. The van der Waals surface area contributed by atoms with Crippen LogP contribution in [0, 0.1) is 10.1 Å². The molecule has 2 rings (SSSR count). The molecule has 2 aliphatic rings. The smallest absolute Gasteiger partial charge is 0.410 e. The Morgan fingerprint density at radius 2 is 1.17 bits per heavy atom. The van der Waals surface area contributed by atoms with E-state index >= 15 is 0 Å². The number of alkyl halides is 1. The molecule has 0 bridgehead atoms. The van der Waals surface area contributed by atoms with Crippen LogP contribution in [0.5, 0.6) is 0 Å². The van der Waals surface area contributed by atoms with Gasteiger partial charge in [0.05, 0.1) is 0 Å². The van der Waals surface area contributed by atoms with Crippen LogP contribution < -0.4 is 0 Å². The molecule has 2 aliphatic heterocycles. The molecule has 0 aromatic heterocycles. The van der Waals surface area contributed by atoms with E-state index in [1.54, 1.807) is 25.7 Å². The minimum atomic E-state index is -0.517. The molecule has 2 saturated heterocycles. The lowest BCUT2D eigenvalue weighted by molar-refractivity contribution is -0.526. The number of halogens is 1. The molecule has 174 valence electrons. The third-order valence-corrected chi connectivity index (χ3v) is 5.74. The molecular weight excluding hydrogens is 505 g/mol. The van der Waals surface area contributed by atoms with Gasteiger partial charge in [0.15, 0.2) is 0 Å². The zero-order valence-electron chi connectivity index (χ0n) is 19.0. The minimum absolute atomic E-state index is 0.166. The maximum Gasteiger partial charge on any atom is 0.410 e. The summed E-state index contributed by atoms with van der Waals surface area (Å²) in [6.07, 6.45) is 2.44. The molecule has 0 atom stereocenters. The van der Waals surface area contributed by atoms with Crippen molar-refractivity contribution in [3.05, 3.63) is 10.1 Å². The summed E-state index contributed by atoms with van der Waals surface area (Å²) in [6, 6.07) is -0.515. The van der Waals surface area contributed by atoms with E-state index < -0.39 is 11.6 Å². The van der Waals surface area contributed by atoms with E-state index in [1.165, 1.54) is 4.90 Å². The standard InChI is InChI=1S/C10H18INO2.C10H18N2O4/c1-10(2,3)14-9(13)12-6-4-8(11)5-7-12;1-10(2,3)16-9(13)11-6-4-8(5-7-11)12(14)15/h8H,4-7H2,1-3H3;8H,4-7H2,1-3H3. The average Bonchev–Trinajstić information content (AvgIpc) is 2.60. The molecule has 0 aliphatic carbocycles. The van der Waals surface area contributed by atoms with Crippen molar-refractivity contribution >= 4 is 34.8 Å². The SMILES string of the molecule is CC(C)(C)OC(=O)N1CCC(I)CC1.CC(C)(C)OC(=O)N1CCC([N+](=O)[O-])CC1. The number of rotatable bonds is 1. The van der Waals surface area contributed by atoms with Gasteiger partial charge < -0.3 is 19.3 Å². The van der Waals surface area contributed by atoms with Crippen LogP contribution in [0.4, 0.5) is 9.59 Å². The van der Waals surface area contributed by atoms with Crippen molar-refractivity contribution in [2.75, 3.05) is 26.2 Å². The van der Waals surface area contributed by atoms with E-state index in [0.29, 0.717) is 29.9 Å². The van der Waals surface area contributed by atoms with Gasteiger partial charge in [0.2, 0.25) is 6.04 Å². The molecule has 9 nitrogen and oxygen atoms in total. The summed E-state index contributed by atoms with van der Waals surface area (Å²) in [5.41, 5.74) is -0.894. The summed E-state index contributed by atoms with van der Waals surface area (Å²) >= 11 is 2.44. The highest BCUT2D eigenvalue weighted by Crippen LogP contribution is 2.20. The van der Waals surface area contributed by atoms with Gasteiger partial charge in [-0.1, -0.05) is 22.6 Å². The Hall–Kier alpha value is -1.33. The maximum absolute atomic E-state index is 11.6. The molecule has 0 saturated carbocycles. The maximum atomic E-state index is 11.6. The predicted molar refractivity (Wildman–Crippen MR) is 123 cm³/mol. The fourth-order valence-corrected chi connectivity index (χ4v) is 3.50. The highest BCUT2D eigenvalue weighted by molar-refractivity contribution is 14.1. The number of nitrogens with zero attached hydrogens (tertiary/aromatic N) is 3. The number of likely N-dealkylation sites (tertiary alicyclic amines) is 2. The van der Waals surface area contributed by atoms with E-state index in [2.05, 4.69) is 22.6 Å². The van der Waals surface area contributed by atoms with Crippen molar-refractivity contribution in [2.45, 2.75) is 88.4 Å². The third-order valence-electron chi connectivity index (χ3n) is 4.49. The van der Waals surface area contributed by atoms with Crippen molar-refractivity contribution in [1.82, 2.24) is 9.80 Å². The number of hydrogen-bond acceptors (Lipinski definition) is 6. The summed E-state index contributed by atoms with van der Waals surface area (Å²) in [5, 5.41) is 10.5. The lowest BCUT2D eigenvalue weighted by Gasteiger charge is -2.31. The van der Waals surface area contributed by atoms with Crippen LogP contribution in [0.25, 0.3) is 0 Å². The lowest BCUT2D eigenvalue weighted by atomic mass is 10.1. The van der Waals surface area contributed by atoms with Gasteiger partial charge in [-0.3, -0.25) is 10.1 Å². The van der Waals surface area contributed by atoms with Crippen LogP contribution in [0.3, 0.4) is 0 Å². The molecule has 10 heteroatoms. The molecule has 30 heavy (non-hydrogen) atoms. The normalized spacial score (nSPS) is 18.9. The Balaban J connectivity index is 0.000000303. The first-order chi connectivity index (χ1) is 13.7. The van der Waals surface area contributed by atoms with E-state index in [0.717, 1.165) is 25.9 Å². The summed E-state index contributed by atoms with van der Waals surface area (Å²) in [4.78, 5) is 36.8. The van der Waals surface area contributed by atoms with Crippen molar-refractivity contribution < 1.29 is 24.0 Å². The second-order valence-corrected chi connectivity index (χ2v) is 11.4. The number of ether oxygens (including phenoxy) is 2. The van der Waals surface area contributed by atoms with E-state index in [9.17, 15) is 19.7 Å². The van der Waals surface area contributed by atoms with Gasteiger partial charge in [-0.15, -0.1) is 0 Å².